The molecule has 0 atom stereocenters. The molecule has 1 aromatic heterocycles. The molecular formula is C13H16F3N3O3S. The molecule has 1 aromatic carbocycles. The quantitative estimate of drug-likeness (QED) is 0.782. The van der Waals surface area contributed by atoms with Gasteiger partial charge in [0, 0.05) is 30.4 Å². The molecule has 0 radical (unpaired) electrons. The Morgan fingerprint density at radius 1 is 1.30 bits per heavy atom. The zero-order valence-corrected chi connectivity index (χ0v) is 13.3. The predicted octanol–water partition coefficient (Wildman–Crippen LogP) is 2.38. The Morgan fingerprint density at radius 3 is 2.48 bits per heavy atom. The number of alkyl halides is 3. The van der Waals surface area contributed by atoms with Crippen molar-refractivity contribution < 1.29 is 26.6 Å². The Morgan fingerprint density at radius 2 is 1.96 bits per heavy atom. The van der Waals surface area contributed by atoms with Gasteiger partial charge < -0.3 is 14.0 Å². The number of halogens is 3. The van der Waals surface area contributed by atoms with Gasteiger partial charge in [-0.3, -0.25) is 4.21 Å². The van der Waals surface area contributed by atoms with E-state index in [4.69, 9.17) is 4.74 Å². The average Bonchev–Trinajstić information content (AvgIpc) is 2.95. The lowest BCUT2D eigenvalue weighted by molar-refractivity contribution is -0.159. The third-order valence-electron chi connectivity index (χ3n) is 2.90. The van der Waals surface area contributed by atoms with Gasteiger partial charge in [-0.25, -0.2) is 0 Å². The van der Waals surface area contributed by atoms with Crippen molar-refractivity contribution in [3.8, 4) is 11.4 Å². The fourth-order valence-electron chi connectivity index (χ4n) is 1.74. The number of thiol groups is 1. The second-order valence-electron chi connectivity index (χ2n) is 4.93. The minimum Gasteiger partial charge on any atom is -0.384 e. The summed E-state index contributed by atoms with van der Waals surface area (Å²) in [7, 11) is -1.09. The van der Waals surface area contributed by atoms with Crippen LogP contribution in [0.3, 0.4) is 0 Å². The standard InChI is InChI=1S/C13H16F3N3O3S/c1-21-7-8-23(2,20)19-10-5-3-9(4-6-10)11-17-12(22-18-11)13(14,15)16/h3-6,23H,7-8H2,1-2H3,(H,19,20). The van der Waals surface area contributed by atoms with Crippen LogP contribution >= 0.6 is 0 Å². The molecule has 10 heteroatoms. The van der Waals surface area contributed by atoms with Crippen molar-refractivity contribution in [3.63, 3.8) is 0 Å². The molecule has 0 amide bonds. The van der Waals surface area contributed by atoms with E-state index in [0.29, 0.717) is 23.6 Å². The molecule has 2 rings (SSSR count). The van der Waals surface area contributed by atoms with Crippen LogP contribution in [0.4, 0.5) is 18.9 Å². The van der Waals surface area contributed by atoms with E-state index in [1.165, 1.54) is 19.2 Å². The molecule has 2 aromatic rings. The van der Waals surface area contributed by atoms with E-state index in [-0.39, 0.29) is 5.82 Å². The molecule has 0 aliphatic rings. The fourth-order valence-corrected chi connectivity index (χ4v) is 3.08. The lowest BCUT2D eigenvalue weighted by Gasteiger charge is -2.21. The molecule has 0 saturated heterocycles. The van der Waals surface area contributed by atoms with Crippen LogP contribution < -0.4 is 4.72 Å². The van der Waals surface area contributed by atoms with Crippen molar-refractivity contribution in [2.75, 3.05) is 30.4 Å². The van der Waals surface area contributed by atoms with Crippen molar-refractivity contribution in [1.29, 1.82) is 0 Å². The van der Waals surface area contributed by atoms with E-state index >= 15 is 0 Å². The summed E-state index contributed by atoms with van der Waals surface area (Å²) in [4.78, 5) is 3.30. The lowest BCUT2D eigenvalue weighted by Crippen LogP contribution is -2.26. The first kappa shape index (κ1) is 17.4. The molecule has 1 N–H and O–H groups in total. The summed E-state index contributed by atoms with van der Waals surface area (Å²) in [6.45, 7) is 0.363. The molecule has 6 nitrogen and oxygen atoms in total. The predicted molar refractivity (Wildman–Crippen MR) is 80.6 cm³/mol. The summed E-state index contributed by atoms with van der Waals surface area (Å²) in [5, 5.41) is 3.30. The second kappa shape index (κ2) is 6.67. The monoisotopic (exact) mass is 351 g/mol. The lowest BCUT2D eigenvalue weighted by atomic mass is 10.2. The average molecular weight is 351 g/mol. The largest absolute Gasteiger partial charge is 0.471 e. The number of methoxy groups -OCH3 is 1. The molecule has 1 heterocycles. The van der Waals surface area contributed by atoms with Gasteiger partial charge in [0.05, 0.1) is 6.61 Å². The van der Waals surface area contributed by atoms with Crippen LogP contribution in [0.1, 0.15) is 5.89 Å². The number of benzene rings is 1. The van der Waals surface area contributed by atoms with Crippen LogP contribution in [0.2, 0.25) is 0 Å². The van der Waals surface area contributed by atoms with Crippen LogP contribution in [0.5, 0.6) is 0 Å². The number of anilines is 1. The summed E-state index contributed by atoms with van der Waals surface area (Å²) >= 11 is 0. The highest BCUT2D eigenvalue weighted by Crippen LogP contribution is 2.29. The number of nitrogens with zero attached hydrogens (tertiary/aromatic N) is 2. The van der Waals surface area contributed by atoms with E-state index in [1.807, 2.05) is 0 Å². The third-order valence-corrected chi connectivity index (χ3v) is 4.67. The first-order valence-electron chi connectivity index (χ1n) is 6.56. The molecule has 128 valence electrons. The number of ether oxygens (including phenoxy) is 1. The van der Waals surface area contributed by atoms with Gasteiger partial charge in [0.2, 0.25) is 5.82 Å². The number of nitrogens with one attached hydrogen (secondary N) is 1. The van der Waals surface area contributed by atoms with E-state index < -0.39 is 22.2 Å². The van der Waals surface area contributed by atoms with E-state index in [1.54, 1.807) is 18.4 Å². The highest BCUT2D eigenvalue weighted by atomic mass is 32.3. The first-order chi connectivity index (χ1) is 10.7. The highest BCUT2D eigenvalue weighted by molar-refractivity contribution is 8.03. The number of aromatic nitrogens is 2. The molecular weight excluding hydrogens is 335 g/mol. The number of rotatable bonds is 6. The van der Waals surface area contributed by atoms with Gasteiger partial charge in [0.25, 0.3) is 0 Å². The van der Waals surface area contributed by atoms with E-state index in [2.05, 4.69) is 19.4 Å². The molecule has 23 heavy (non-hydrogen) atoms. The number of hydrogen-bond donors (Lipinski definition) is 2. The Hall–Kier alpha value is -1.94. The van der Waals surface area contributed by atoms with Crippen molar-refractivity contribution in [3.05, 3.63) is 30.2 Å². The summed E-state index contributed by atoms with van der Waals surface area (Å²) in [6, 6.07) is 6.21. The minimum absolute atomic E-state index is 0.164. The zero-order valence-electron chi connectivity index (χ0n) is 12.4. The summed E-state index contributed by atoms with van der Waals surface area (Å²) < 4.78 is 61.5. The molecule has 0 fully saturated rings. The normalized spacial score (nSPS) is 13.1. The van der Waals surface area contributed by atoms with Crippen LogP contribution in [0, 0.1) is 0 Å². The highest BCUT2D eigenvalue weighted by Gasteiger charge is 2.38. The molecule has 0 unspecified atom stereocenters. The van der Waals surface area contributed by atoms with Gasteiger partial charge in [0.1, 0.15) is 0 Å². The minimum atomic E-state index is -4.68. The van der Waals surface area contributed by atoms with Crippen molar-refractivity contribution >= 4 is 15.8 Å². The van der Waals surface area contributed by atoms with Crippen molar-refractivity contribution in [2.45, 2.75) is 6.18 Å². The van der Waals surface area contributed by atoms with Gasteiger partial charge >= 0.3 is 12.1 Å². The maximum atomic E-state index is 12.4. The fraction of sp³-hybridized carbons (Fsp3) is 0.385. The molecule has 0 spiro atoms. The Kier molecular flexibility index (Phi) is 5.05. The summed E-state index contributed by atoms with van der Waals surface area (Å²) in [5.41, 5.74) is 0.938. The van der Waals surface area contributed by atoms with E-state index in [9.17, 15) is 17.4 Å². The van der Waals surface area contributed by atoms with Gasteiger partial charge in [-0.2, -0.15) is 18.2 Å². The Balaban J connectivity index is 2.10. The van der Waals surface area contributed by atoms with Crippen LogP contribution in [0.15, 0.2) is 28.8 Å². The molecule has 0 aliphatic heterocycles. The summed E-state index contributed by atoms with van der Waals surface area (Å²) in [5.74, 6) is -1.19. The molecule has 0 bridgehead atoms. The van der Waals surface area contributed by atoms with Crippen molar-refractivity contribution in [1.82, 2.24) is 10.1 Å². The van der Waals surface area contributed by atoms with Gasteiger partial charge in [-0.15, -0.1) is 0 Å². The third kappa shape index (κ3) is 4.76. The first-order valence-corrected chi connectivity index (χ1v) is 8.90. The maximum absolute atomic E-state index is 12.4. The van der Waals surface area contributed by atoms with Gasteiger partial charge in [-0.05, 0) is 34.4 Å². The second-order valence-corrected chi connectivity index (χ2v) is 7.80. The van der Waals surface area contributed by atoms with Gasteiger partial charge in [0.15, 0.2) is 0 Å². The smallest absolute Gasteiger partial charge is 0.384 e. The zero-order chi connectivity index (χ0) is 17.1. The van der Waals surface area contributed by atoms with Crippen molar-refractivity contribution in [2.24, 2.45) is 0 Å². The number of hydrogen-bond acceptors (Lipinski definition) is 5. The van der Waals surface area contributed by atoms with Crippen LogP contribution in [-0.2, 0) is 21.0 Å². The SMILES string of the molecule is COCC[SH](C)(=O)Nc1ccc(-c2noc(C(F)(F)F)n2)cc1. The van der Waals surface area contributed by atoms with E-state index in [0.717, 1.165) is 0 Å². The van der Waals surface area contributed by atoms with Crippen LogP contribution in [0.25, 0.3) is 11.4 Å². The molecule has 0 aliphatic carbocycles. The van der Waals surface area contributed by atoms with Crippen LogP contribution in [-0.4, -0.2) is 40.1 Å². The summed E-state index contributed by atoms with van der Waals surface area (Å²) in [6.07, 6.45) is -3.09. The Labute approximate surface area is 131 Å². The van der Waals surface area contributed by atoms with Gasteiger partial charge in [-0.1, -0.05) is 5.16 Å². The maximum Gasteiger partial charge on any atom is 0.471 e. The molecule has 0 saturated carbocycles. The Bertz CT molecular complexity index is 700. The topological polar surface area (TPSA) is 77.2 Å².